The Hall–Kier alpha value is -0.790. The fourth-order valence-corrected chi connectivity index (χ4v) is 3.27. The van der Waals surface area contributed by atoms with Crippen molar-refractivity contribution in [1.29, 1.82) is 0 Å². The van der Waals surface area contributed by atoms with Crippen LogP contribution in [0.25, 0.3) is 0 Å². The molecular formula is C24H46O2. The lowest BCUT2D eigenvalue weighted by Gasteiger charge is -2.02. The molecule has 0 rings (SSSR count). The van der Waals surface area contributed by atoms with E-state index in [2.05, 4.69) is 19.1 Å². The Kier molecular flexibility index (Phi) is 18.4. The smallest absolute Gasteiger partial charge is 0.303 e. The van der Waals surface area contributed by atoms with Gasteiger partial charge >= 0.3 is 5.97 Å². The van der Waals surface area contributed by atoms with Crippen LogP contribution in [0.2, 0.25) is 0 Å². The fraction of sp³-hybridized carbons (Fsp3) is 0.875. The Morgan fingerprint density at radius 3 is 1.38 bits per heavy atom. The van der Waals surface area contributed by atoms with Crippen LogP contribution in [0.3, 0.4) is 0 Å². The van der Waals surface area contributed by atoms with E-state index in [0.29, 0.717) is 6.42 Å². The van der Waals surface area contributed by atoms with Gasteiger partial charge in [-0.2, -0.15) is 0 Å². The van der Waals surface area contributed by atoms with Gasteiger partial charge in [-0.05, 0) is 32.1 Å². The quantitative estimate of drug-likeness (QED) is 0.163. The molecule has 0 saturated carbocycles. The summed E-state index contributed by atoms with van der Waals surface area (Å²) >= 11 is 0. The van der Waals surface area contributed by atoms with Gasteiger partial charge in [-0.1, -0.05) is 109 Å². The summed E-state index contributed by atoms with van der Waals surface area (Å²) < 4.78 is 14.7. The number of carboxylic acid groups (broad SMARTS) is 1. The summed E-state index contributed by atoms with van der Waals surface area (Å²) in [4.78, 5) is 10.7. The number of carbonyl (C=O) groups is 1. The highest BCUT2D eigenvalue weighted by atomic mass is 16.4. The van der Waals surface area contributed by atoms with Crippen molar-refractivity contribution in [1.82, 2.24) is 0 Å². The second-order valence-electron chi connectivity index (χ2n) is 7.58. The maximum Gasteiger partial charge on any atom is 0.303 e. The summed E-state index contributed by atoms with van der Waals surface area (Å²) in [5.74, 6) is -1.33. The zero-order chi connectivity index (χ0) is 20.9. The molecule has 1 N–H and O–H groups in total. The topological polar surface area (TPSA) is 37.3 Å². The lowest BCUT2D eigenvalue weighted by atomic mass is 10.0. The zero-order valence-electron chi connectivity index (χ0n) is 19.4. The molecule has 0 heterocycles. The second kappa shape index (κ2) is 22.3. The van der Waals surface area contributed by atoms with Crippen molar-refractivity contribution in [3.8, 4) is 0 Å². The van der Waals surface area contributed by atoms with E-state index in [1.807, 2.05) is 0 Å². The van der Waals surface area contributed by atoms with Gasteiger partial charge in [0.2, 0.25) is 0 Å². The molecule has 0 aliphatic heterocycles. The average Bonchev–Trinajstić information content (AvgIpc) is 2.66. The standard InChI is InChI=1S/C24H46O2/c1-2-3-4-5-6-7-8-9-10-11-12-13-14-15-16-17-18-19-20-21-22-23-24(25)26/h9-10H,2-8,11-23H2,1H3,(H,25,26)/b10-9-/i23D2. The van der Waals surface area contributed by atoms with E-state index < -0.39 is 12.3 Å². The van der Waals surface area contributed by atoms with Gasteiger partial charge in [-0.3, -0.25) is 4.79 Å². The first-order valence-corrected chi connectivity index (χ1v) is 11.4. The molecule has 0 aliphatic carbocycles. The van der Waals surface area contributed by atoms with E-state index in [-0.39, 0.29) is 6.42 Å². The van der Waals surface area contributed by atoms with Crippen LogP contribution in [-0.4, -0.2) is 11.1 Å². The van der Waals surface area contributed by atoms with Crippen LogP contribution in [0.1, 0.15) is 138 Å². The van der Waals surface area contributed by atoms with Crippen molar-refractivity contribution in [3.63, 3.8) is 0 Å². The first-order chi connectivity index (χ1) is 13.5. The van der Waals surface area contributed by atoms with Crippen molar-refractivity contribution in [2.75, 3.05) is 0 Å². The summed E-state index contributed by atoms with van der Waals surface area (Å²) in [6.07, 6.45) is 25.4. The van der Waals surface area contributed by atoms with Crippen molar-refractivity contribution in [3.05, 3.63) is 12.2 Å². The van der Waals surface area contributed by atoms with Gasteiger partial charge in [0.25, 0.3) is 0 Å². The lowest BCUT2D eigenvalue weighted by molar-refractivity contribution is -0.137. The largest absolute Gasteiger partial charge is 0.481 e. The summed E-state index contributed by atoms with van der Waals surface area (Å²) in [7, 11) is 0. The number of unbranched alkanes of at least 4 members (excludes halogenated alkanes) is 16. The van der Waals surface area contributed by atoms with E-state index in [1.54, 1.807) is 0 Å². The van der Waals surface area contributed by atoms with E-state index in [9.17, 15) is 4.79 Å². The second-order valence-corrected chi connectivity index (χ2v) is 7.58. The van der Waals surface area contributed by atoms with Gasteiger partial charge < -0.3 is 5.11 Å². The third-order valence-electron chi connectivity index (χ3n) is 4.96. The van der Waals surface area contributed by atoms with E-state index in [4.69, 9.17) is 7.85 Å². The van der Waals surface area contributed by atoms with Gasteiger partial charge in [-0.15, -0.1) is 0 Å². The number of hydrogen-bond donors (Lipinski definition) is 1. The summed E-state index contributed by atoms with van der Waals surface area (Å²) in [5.41, 5.74) is 0. The van der Waals surface area contributed by atoms with Crippen LogP contribution >= 0.6 is 0 Å². The highest BCUT2D eigenvalue weighted by molar-refractivity contribution is 5.66. The van der Waals surface area contributed by atoms with Crippen LogP contribution in [0.15, 0.2) is 12.2 Å². The summed E-state index contributed by atoms with van der Waals surface area (Å²) in [6, 6.07) is 0. The van der Waals surface area contributed by atoms with E-state index in [1.165, 1.54) is 96.3 Å². The Balaban J connectivity index is 3.20. The monoisotopic (exact) mass is 368 g/mol. The Morgan fingerprint density at radius 2 is 1.00 bits per heavy atom. The number of carboxylic acids is 1. The summed E-state index contributed by atoms with van der Waals surface area (Å²) in [6.45, 7) is 2.27. The van der Waals surface area contributed by atoms with Gasteiger partial charge in [0, 0.05) is 9.11 Å². The normalized spacial score (nSPS) is 13.1. The highest BCUT2D eigenvalue weighted by Gasteiger charge is 1.97. The molecule has 0 saturated heterocycles. The minimum Gasteiger partial charge on any atom is -0.481 e. The SMILES string of the molecule is [2H]C([2H])(CCCCCCCCCCCC/C=C\CCCCCCCC)C(=O)O. The molecule has 0 aliphatic rings. The molecule has 0 fully saturated rings. The minimum absolute atomic E-state index is 0.135. The van der Waals surface area contributed by atoms with E-state index >= 15 is 0 Å². The molecular weight excluding hydrogens is 320 g/mol. The molecule has 0 atom stereocenters. The Bertz CT molecular complexity index is 381. The van der Waals surface area contributed by atoms with Crippen molar-refractivity contribution < 1.29 is 12.6 Å². The molecule has 0 aromatic carbocycles. The number of hydrogen-bond acceptors (Lipinski definition) is 1. The number of aliphatic carboxylic acids is 1. The zero-order valence-corrected chi connectivity index (χ0v) is 17.4. The summed E-state index contributed by atoms with van der Waals surface area (Å²) in [5, 5.41) is 8.72. The molecule has 0 bridgehead atoms. The van der Waals surface area contributed by atoms with Crippen molar-refractivity contribution >= 4 is 5.97 Å². The lowest BCUT2D eigenvalue weighted by Crippen LogP contribution is -1.93. The maximum absolute atomic E-state index is 10.7. The predicted octanol–water partition coefficient (Wildman–Crippen LogP) is 8.45. The van der Waals surface area contributed by atoms with Crippen LogP contribution in [0, 0.1) is 0 Å². The molecule has 0 unspecified atom stereocenters. The number of rotatable bonds is 21. The average molecular weight is 369 g/mol. The third kappa shape index (κ3) is 23.2. The Labute approximate surface area is 166 Å². The van der Waals surface area contributed by atoms with Crippen molar-refractivity contribution in [2.45, 2.75) is 135 Å². The van der Waals surface area contributed by atoms with Gasteiger partial charge in [-0.25, -0.2) is 0 Å². The van der Waals surface area contributed by atoms with Gasteiger partial charge in [0.1, 0.15) is 0 Å². The molecule has 2 heteroatoms. The van der Waals surface area contributed by atoms with Crippen LogP contribution < -0.4 is 0 Å². The van der Waals surface area contributed by atoms with Crippen LogP contribution in [0.5, 0.6) is 0 Å². The molecule has 0 aromatic rings. The van der Waals surface area contributed by atoms with Crippen molar-refractivity contribution in [2.24, 2.45) is 0 Å². The first-order valence-electron chi connectivity index (χ1n) is 12.4. The maximum atomic E-state index is 10.7. The minimum atomic E-state index is -2.05. The third-order valence-corrected chi connectivity index (χ3v) is 4.96. The predicted molar refractivity (Wildman–Crippen MR) is 115 cm³/mol. The fourth-order valence-electron chi connectivity index (χ4n) is 3.27. The molecule has 0 radical (unpaired) electrons. The Morgan fingerprint density at radius 1 is 0.654 bits per heavy atom. The van der Waals surface area contributed by atoms with Gasteiger partial charge in [0.15, 0.2) is 0 Å². The van der Waals surface area contributed by atoms with Crippen LogP contribution in [-0.2, 0) is 4.79 Å². The molecule has 154 valence electrons. The molecule has 0 amide bonds. The van der Waals surface area contributed by atoms with E-state index in [0.717, 1.165) is 12.8 Å². The molecule has 2 nitrogen and oxygen atoms in total. The van der Waals surface area contributed by atoms with Crippen LogP contribution in [0.4, 0.5) is 0 Å². The molecule has 26 heavy (non-hydrogen) atoms. The first kappa shape index (κ1) is 21.5. The highest BCUT2D eigenvalue weighted by Crippen LogP contribution is 2.13. The van der Waals surface area contributed by atoms with Gasteiger partial charge in [0.05, 0.1) is 0 Å². The number of allylic oxidation sites excluding steroid dienone is 2. The molecule has 0 spiro atoms. The molecule has 0 aromatic heterocycles.